The predicted octanol–water partition coefficient (Wildman–Crippen LogP) is 1.88. The van der Waals surface area contributed by atoms with Crippen LogP contribution in [0.25, 0.3) is 5.69 Å². The standard InChI is InChI=1S/C14H15N3O3/c1-9-15-16-13(11-7-8-12(20-11)14(18)19)17(9)10-5-3-2-4-6-10/h2-6,11-12H,7-8H2,1H3,(H,18,19). The van der Waals surface area contributed by atoms with E-state index in [9.17, 15) is 4.79 Å². The summed E-state index contributed by atoms with van der Waals surface area (Å²) in [7, 11) is 0. The molecular weight excluding hydrogens is 258 g/mol. The summed E-state index contributed by atoms with van der Waals surface area (Å²) in [5.41, 5.74) is 0.951. The predicted molar refractivity (Wildman–Crippen MR) is 70.6 cm³/mol. The van der Waals surface area contributed by atoms with Crippen LogP contribution in [0.15, 0.2) is 30.3 Å². The topological polar surface area (TPSA) is 77.2 Å². The Balaban J connectivity index is 1.94. The van der Waals surface area contributed by atoms with Crippen LogP contribution in [-0.2, 0) is 9.53 Å². The van der Waals surface area contributed by atoms with E-state index >= 15 is 0 Å². The lowest BCUT2D eigenvalue weighted by molar-refractivity contribution is -0.149. The van der Waals surface area contributed by atoms with Crippen LogP contribution >= 0.6 is 0 Å². The number of nitrogens with zero attached hydrogens (tertiary/aromatic N) is 3. The molecule has 2 unspecified atom stereocenters. The molecule has 2 heterocycles. The van der Waals surface area contributed by atoms with Crippen molar-refractivity contribution in [1.29, 1.82) is 0 Å². The van der Waals surface area contributed by atoms with E-state index in [0.29, 0.717) is 18.7 Å². The van der Waals surface area contributed by atoms with Gasteiger partial charge in [-0.3, -0.25) is 4.57 Å². The Morgan fingerprint density at radius 2 is 2.05 bits per heavy atom. The molecule has 1 aliphatic rings. The van der Waals surface area contributed by atoms with Crippen LogP contribution in [0.2, 0.25) is 0 Å². The first-order chi connectivity index (χ1) is 9.66. The Hall–Kier alpha value is -2.21. The van der Waals surface area contributed by atoms with Gasteiger partial charge >= 0.3 is 5.97 Å². The molecule has 1 aromatic heterocycles. The van der Waals surface area contributed by atoms with E-state index < -0.39 is 12.1 Å². The van der Waals surface area contributed by atoms with Gasteiger partial charge in [0.25, 0.3) is 0 Å². The van der Waals surface area contributed by atoms with Crippen molar-refractivity contribution < 1.29 is 14.6 Å². The highest BCUT2D eigenvalue weighted by atomic mass is 16.5. The van der Waals surface area contributed by atoms with E-state index in [0.717, 1.165) is 11.5 Å². The van der Waals surface area contributed by atoms with E-state index in [-0.39, 0.29) is 6.10 Å². The average molecular weight is 273 g/mol. The second-order valence-corrected chi connectivity index (χ2v) is 4.81. The third kappa shape index (κ3) is 2.18. The van der Waals surface area contributed by atoms with Crippen LogP contribution in [0.1, 0.15) is 30.6 Å². The Kier molecular flexibility index (Phi) is 3.23. The van der Waals surface area contributed by atoms with Gasteiger partial charge in [0.2, 0.25) is 0 Å². The fraction of sp³-hybridized carbons (Fsp3) is 0.357. The summed E-state index contributed by atoms with van der Waals surface area (Å²) in [6.07, 6.45) is 0.0709. The molecule has 0 bridgehead atoms. The van der Waals surface area contributed by atoms with Crippen LogP contribution in [-0.4, -0.2) is 31.9 Å². The van der Waals surface area contributed by atoms with Crippen molar-refractivity contribution in [2.75, 3.05) is 0 Å². The number of carboxylic acids is 1. The molecule has 20 heavy (non-hydrogen) atoms. The van der Waals surface area contributed by atoms with Crippen molar-refractivity contribution >= 4 is 5.97 Å². The number of aromatic nitrogens is 3. The van der Waals surface area contributed by atoms with Gasteiger partial charge in [0.15, 0.2) is 11.9 Å². The number of aliphatic carboxylic acids is 1. The van der Waals surface area contributed by atoms with Crippen LogP contribution in [0, 0.1) is 6.92 Å². The number of carbonyl (C=O) groups is 1. The van der Waals surface area contributed by atoms with E-state index in [1.54, 1.807) is 0 Å². The SMILES string of the molecule is Cc1nnc(C2CCC(C(=O)O)O2)n1-c1ccccc1. The number of carboxylic acid groups (broad SMARTS) is 1. The van der Waals surface area contributed by atoms with Gasteiger partial charge in [-0.15, -0.1) is 10.2 Å². The molecule has 0 amide bonds. The molecule has 2 aromatic rings. The Bertz CT molecular complexity index is 624. The fourth-order valence-electron chi connectivity index (χ4n) is 2.49. The van der Waals surface area contributed by atoms with Crippen LogP contribution in [0.3, 0.4) is 0 Å². The summed E-state index contributed by atoms with van der Waals surface area (Å²) in [6, 6.07) is 9.74. The minimum Gasteiger partial charge on any atom is -0.479 e. The molecule has 6 nitrogen and oxygen atoms in total. The molecular formula is C14H15N3O3. The minimum absolute atomic E-state index is 0.322. The van der Waals surface area contributed by atoms with Gasteiger partial charge in [-0.05, 0) is 31.9 Å². The van der Waals surface area contributed by atoms with Gasteiger partial charge in [0.05, 0.1) is 0 Å². The smallest absolute Gasteiger partial charge is 0.332 e. The molecule has 1 aromatic carbocycles. The number of aryl methyl sites for hydroxylation is 1. The van der Waals surface area contributed by atoms with Crippen molar-refractivity contribution in [2.24, 2.45) is 0 Å². The number of rotatable bonds is 3. The van der Waals surface area contributed by atoms with Crippen LogP contribution in [0.5, 0.6) is 0 Å². The highest BCUT2D eigenvalue weighted by Gasteiger charge is 2.34. The molecule has 1 fully saturated rings. The Morgan fingerprint density at radius 3 is 2.70 bits per heavy atom. The van der Waals surface area contributed by atoms with Crippen LogP contribution in [0.4, 0.5) is 0 Å². The third-order valence-electron chi connectivity index (χ3n) is 3.45. The summed E-state index contributed by atoms with van der Waals surface area (Å²) in [6.45, 7) is 1.87. The normalized spacial score (nSPS) is 22.1. The first-order valence-corrected chi connectivity index (χ1v) is 6.52. The second kappa shape index (κ2) is 5.05. The van der Waals surface area contributed by atoms with Crippen molar-refractivity contribution in [3.8, 4) is 5.69 Å². The van der Waals surface area contributed by atoms with Gasteiger partial charge in [0.1, 0.15) is 11.9 Å². The maximum Gasteiger partial charge on any atom is 0.332 e. The quantitative estimate of drug-likeness (QED) is 0.923. The molecule has 2 atom stereocenters. The van der Waals surface area contributed by atoms with Gasteiger partial charge in [-0.25, -0.2) is 4.79 Å². The van der Waals surface area contributed by atoms with Gasteiger partial charge in [-0.2, -0.15) is 0 Å². The monoisotopic (exact) mass is 273 g/mol. The molecule has 0 saturated carbocycles. The van der Waals surface area contributed by atoms with Crippen molar-refractivity contribution in [3.05, 3.63) is 42.0 Å². The summed E-state index contributed by atoms with van der Waals surface area (Å²) >= 11 is 0. The number of para-hydroxylation sites is 1. The largest absolute Gasteiger partial charge is 0.479 e. The van der Waals surface area contributed by atoms with Gasteiger partial charge < -0.3 is 9.84 Å². The van der Waals surface area contributed by atoms with Gasteiger partial charge in [-0.1, -0.05) is 18.2 Å². The molecule has 1 N–H and O–H groups in total. The highest BCUT2D eigenvalue weighted by Crippen LogP contribution is 2.33. The lowest BCUT2D eigenvalue weighted by atomic mass is 10.2. The lowest BCUT2D eigenvalue weighted by Crippen LogP contribution is -2.19. The first-order valence-electron chi connectivity index (χ1n) is 6.52. The summed E-state index contributed by atoms with van der Waals surface area (Å²) < 4.78 is 7.47. The summed E-state index contributed by atoms with van der Waals surface area (Å²) in [4.78, 5) is 11.0. The van der Waals surface area contributed by atoms with Gasteiger partial charge in [0, 0.05) is 5.69 Å². The molecule has 0 aliphatic carbocycles. The summed E-state index contributed by atoms with van der Waals surface area (Å²) in [5.74, 6) is 0.501. The average Bonchev–Trinajstić information content (AvgIpc) is 3.06. The van der Waals surface area contributed by atoms with E-state index in [1.165, 1.54) is 0 Å². The maximum atomic E-state index is 11.0. The number of hydrogen-bond donors (Lipinski definition) is 1. The fourth-order valence-corrected chi connectivity index (χ4v) is 2.49. The van der Waals surface area contributed by atoms with Crippen LogP contribution < -0.4 is 0 Å². The first kappa shape index (κ1) is 12.8. The molecule has 1 saturated heterocycles. The summed E-state index contributed by atoms with van der Waals surface area (Å²) in [5, 5.41) is 17.3. The Labute approximate surface area is 116 Å². The third-order valence-corrected chi connectivity index (χ3v) is 3.45. The van der Waals surface area contributed by atoms with Crippen molar-refractivity contribution in [3.63, 3.8) is 0 Å². The minimum atomic E-state index is -0.921. The molecule has 3 rings (SSSR count). The number of benzene rings is 1. The van der Waals surface area contributed by atoms with E-state index in [1.807, 2.05) is 41.8 Å². The molecule has 6 heteroatoms. The second-order valence-electron chi connectivity index (χ2n) is 4.81. The highest BCUT2D eigenvalue weighted by molar-refractivity contribution is 5.72. The number of ether oxygens (including phenoxy) is 1. The maximum absolute atomic E-state index is 11.0. The molecule has 104 valence electrons. The zero-order valence-corrected chi connectivity index (χ0v) is 11.1. The molecule has 0 radical (unpaired) electrons. The van der Waals surface area contributed by atoms with E-state index in [4.69, 9.17) is 9.84 Å². The zero-order valence-electron chi connectivity index (χ0n) is 11.1. The molecule has 1 aliphatic heterocycles. The Morgan fingerprint density at radius 1 is 1.30 bits per heavy atom. The van der Waals surface area contributed by atoms with Crippen molar-refractivity contribution in [1.82, 2.24) is 14.8 Å². The lowest BCUT2D eigenvalue weighted by Gasteiger charge is -2.13. The van der Waals surface area contributed by atoms with Crippen molar-refractivity contribution in [2.45, 2.75) is 32.0 Å². The zero-order chi connectivity index (χ0) is 14.1. The number of hydrogen-bond acceptors (Lipinski definition) is 4. The van der Waals surface area contributed by atoms with E-state index in [2.05, 4.69) is 10.2 Å². The molecule has 0 spiro atoms.